The molecule has 0 radical (unpaired) electrons. The quantitative estimate of drug-likeness (QED) is 0.617. The summed E-state index contributed by atoms with van der Waals surface area (Å²) in [6, 6.07) is 0.153. The second-order valence-electron chi connectivity index (χ2n) is 7.18. The van der Waals surface area contributed by atoms with E-state index in [4.69, 9.17) is 14.6 Å². The average molecular weight is 379 g/mol. The SMILES string of the molecule is CCOC(=O)[C@@]1(CC)C[C@H]2CC[C@@H]1N2C(=O)Cc1cn(C)nc1C.O=CO. The number of aromatic nitrogens is 2. The Kier molecular flexibility index (Phi) is 6.62. The summed E-state index contributed by atoms with van der Waals surface area (Å²) in [5, 5.41) is 11.2. The van der Waals surface area contributed by atoms with Crippen LogP contribution >= 0.6 is 0 Å². The Morgan fingerprint density at radius 1 is 1.41 bits per heavy atom. The highest BCUT2D eigenvalue weighted by molar-refractivity contribution is 5.85. The highest BCUT2D eigenvalue weighted by Crippen LogP contribution is 2.52. The van der Waals surface area contributed by atoms with E-state index in [9.17, 15) is 9.59 Å². The van der Waals surface area contributed by atoms with Crippen LogP contribution in [0.4, 0.5) is 0 Å². The van der Waals surface area contributed by atoms with Gasteiger partial charge in [-0.3, -0.25) is 19.1 Å². The minimum Gasteiger partial charge on any atom is -0.483 e. The zero-order chi connectivity index (χ0) is 20.2. The smallest absolute Gasteiger partial charge is 0.314 e. The maximum absolute atomic E-state index is 13.0. The molecule has 2 bridgehead atoms. The summed E-state index contributed by atoms with van der Waals surface area (Å²) < 4.78 is 7.09. The molecule has 0 saturated carbocycles. The number of hydrogen-bond acceptors (Lipinski definition) is 5. The Balaban J connectivity index is 0.000000817. The molecule has 8 heteroatoms. The Morgan fingerprint density at radius 3 is 2.59 bits per heavy atom. The van der Waals surface area contributed by atoms with Gasteiger partial charge in [0.1, 0.15) is 0 Å². The molecule has 150 valence electrons. The van der Waals surface area contributed by atoms with Gasteiger partial charge in [-0.05, 0) is 39.5 Å². The van der Waals surface area contributed by atoms with Gasteiger partial charge in [-0.25, -0.2) is 0 Å². The van der Waals surface area contributed by atoms with Gasteiger partial charge in [-0.15, -0.1) is 0 Å². The molecule has 2 fully saturated rings. The molecule has 0 aromatic carbocycles. The number of nitrogens with zero attached hydrogens (tertiary/aromatic N) is 3. The third kappa shape index (κ3) is 3.84. The van der Waals surface area contributed by atoms with Crippen LogP contribution in [0.15, 0.2) is 6.20 Å². The number of carbonyl (C=O) groups excluding carboxylic acids is 2. The van der Waals surface area contributed by atoms with Gasteiger partial charge < -0.3 is 14.7 Å². The van der Waals surface area contributed by atoms with Crippen LogP contribution in [0.5, 0.6) is 0 Å². The molecule has 1 aromatic heterocycles. The summed E-state index contributed by atoms with van der Waals surface area (Å²) in [4.78, 5) is 35.9. The third-order valence-corrected chi connectivity index (χ3v) is 5.80. The molecule has 3 rings (SSSR count). The van der Waals surface area contributed by atoms with Gasteiger partial charge in [0, 0.05) is 30.9 Å². The molecule has 3 heterocycles. The number of fused-ring (bicyclic) bond motifs is 2. The van der Waals surface area contributed by atoms with Gasteiger partial charge in [0.2, 0.25) is 5.91 Å². The van der Waals surface area contributed by atoms with Crippen molar-refractivity contribution in [1.82, 2.24) is 14.7 Å². The second kappa shape index (κ2) is 8.54. The van der Waals surface area contributed by atoms with Gasteiger partial charge in [0.25, 0.3) is 6.47 Å². The predicted molar refractivity (Wildman–Crippen MR) is 98.0 cm³/mol. The largest absolute Gasteiger partial charge is 0.483 e. The molecule has 0 unspecified atom stereocenters. The van der Waals surface area contributed by atoms with Gasteiger partial charge in [0.05, 0.1) is 24.1 Å². The molecule has 1 N–H and O–H groups in total. The molecule has 0 spiro atoms. The maximum atomic E-state index is 13.0. The fraction of sp³-hybridized carbons (Fsp3) is 0.684. The van der Waals surface area contributed by atoms with Crippen molar-refractivity contribution in [1.29, 1.82) is 0 Å². The van der Waals surface area contributed by atoms with Crippen LogP contribution in [0.1, 0.15) is 50.8 Å². The molecule has 1 amide bonds. The lowest BCUT2D eigenvalue weighted by atomic mass is 9.72. The van der Waals surface area contributed by atoms with E-state index < -0.39 is 5.41 Å². The fourth-order valence-corrected chi connectivity index (χ4v) is 4.65. The lowest BCUT2D eigenvalue weighted by Gasteiger charge is -2.34. The Hall–Kier alpha value is -2.38. The number of rotatable bonds is 5. The van der Waals surface area contributed by atoms with Crippen LogP contribution in [0.3, 0.4) is 0 Å². The Bertz CT molecular complexity index is 702. The van der Waals surface area contributed by atoms with Crippen molar-refractivity contribution in [2.45, 2.75) is 65.0 Å². The molecule has 8 nitrogen and oxygen atoms in total. The lowest BCUT2D eigenvalue weighted by Crippen LogP contribution is -2.46. The molecular formula is C19H29N3O5. The van der Waals surface area contributed by atoms with Crippen molar-refractivity contribution in [3.05, 3.63) is 17.5 Å². The fourth-order valence-electron chi connectivity index (χ4n) is 4.65. The van der Waals surface area contributed by atoms with E-state index in [0.29, 0.717) is 13.0 Å². The number of hydrogen-bond donors (Lipinski definition) is 1. The van der Waals surface area contributed by atoms with Crippen molar-refractivity contribution in [2.24, 2.45) is 12.5 Å². The van der Waals surface area contributed by atoms with Crippen molar-refractivity contribution in [3.8, 4) is 0 Å². The van der Waals surface area contributed by atoms with Crippen LogP contribution in [-0.4, -0.2) is 56.8 Å². The highest BCUT2D eigenvalue weighted by atomic mass is 16.5. The Labute approximate surface area is 159 Å². The number of aryl methyl sites for hydroxylation is 2. The van der Waals surface area contributed by atoms with E-state index in [1.165, 1.54) is 0 Å². The molecule has 2 aliphatic rings. The lowest BCUT2D eigenvalue weighted by molar-refractivity contribution is -0.158. The number of esters is 1. The van der Waals surface area contributed by atoms with E-state index >= 15 is 0 Å². The van der Waals surface area contributed by atoms with Gasteiger partial charge in [-0.1, -0.05) is 6.92 Å². The van der Waals surface area contributed by atoms with Gasteiger partial charge in [0.15, 0.2) is 0 Å². The molecule has 3 atom stereocenters. The molecule has 1 aromatic rings. The molecule has 27 heavy (non-hydrogen) atoms. The van der Waals surface area contributed by atoms with E-state index in [1.807, 2.05) is 38.9 Å². The van der Waals surface area contributed by atoms with E-state index in [-0.39, 0.29) is 30.4 Å². The summed E-state index contributed by atoms with van der Waals surface area (Å²) >= 11 is 0. The molecule has 2 saturated heterocycles. The third-order valence-electron chi connectivity index (χ3n) is 5.80. The monoisotopic (exact) mass is 379 g/mol. The van der Waals surface area contributed by atoms with Crippen LogP contribution in [-0.2, 0) is 32.6 Å². The summed E-state index contributed by atoms with van der Waals surface area (Å²) in [5.41, 5.74) is 1.34. The van der Waals surface area contributed by atoms with Crippen LogP contribution < -0.4 is 0 Å². The number of carbonyl (C=O) groups is 3. The first-order valence-electron chi connectivity index (χ1n) is 9.39. The highest BCUT2D eigenvalue weighted by Gasteiger charge is 2.60. The number of amides is 1. The first-order chi connectivity index (χ1) is 12.8. The van der Waals surface area contributed by atoms with E-state index in [1.54, 1.807) is 4.68 Å². The summed E-state index contributed by atoms with van der Waals surface area (Å²) in [6.45, 7) is 5.94. The average Bonchev–Trinajstić information content (AvgIpc) is 3.27. The summed E-state index contributed by atoms with van der Waals surface area (Å²) in [7, 11) is 1.86. The molecule has 0 aliphatic carbocycles. The van der Waals surface area contributed by atoms with Crippen LogP contribution in [0, 0.1) is 12.3 Å². The second-order valence-corrected chi connectivity index (χ2v) is 7.18. The van der Waals surface area contributed by atoms with Crippen molar-refractivity contribution >= 4 is 18.3 Å². The molecule has 2 aliphatic heterocycles. The van der Waals surface area contributed by atoms with Crippen LogP contribution in [0.25, 0.3) is 0 Å². The van der Waals surface area contributed by atoms with Crippen molar-refractivity contribution in [3.63, 3.8) is 0 Å². The summed E-state index contributed by atoms with van der Waals surface area (Å²) in [5.74, 6) is -0.0201. The van der Waals surface area contributed by atoms with E-state index in [2.05, 4.69) is 5.10 Å². The van der Waals surface area contributed by atoms with Gasteiger partial charge in [-0.2, -0.15) is 5.10 Å². The first kappa shape index (κ1) is 20.9. The topological polar surface area (TPSA) is 102 Å². The standard InChI is InChI=1S/C18H27N3O3.CH2O2/c1-5-18(17(23)24-6-2)10-14-7-8-15(18)21(14)16(22)9-13-11-20(4)19-12(13)3;2-1-3/h11,14-15H,5-10H2,1-4H3;1H,(H,2,3)/t14-,15+,18+;/m1./s1. The zero-order valence-electron chi connectivity index (χ0n) is 16.5. The van der Waals surface area contributed by atoms with Crippen molar-refractivity contribution < 1.29 is 24.2 Å². The molecular weight excluding hydrogens is 350 g/mol. The summed E-state index contributed by atoms with van der Waals surface area (Å²) in [6.07, 6.45) is 5.62. The number of ether oxygens (including phenoxy) is 1. The first-order valence-corrected chi connectivity index (χ1v) is 9.39. The normalized spacial score (nSPS) is 25.7. The van der Waals surface area contributed by atoms with Crippen molar-refractivity contribution in [2.75, 3.05) is 6.61 Å². The number of carboxylic acid groups (broad SMARTS) is 1. The zero-order valence-corrected chi connectivity index (χ0v) is 16.5. The predicted octanol–water partition coefficient (Wildman–Crippen LogP) is 1.69. The van der Waals surface area contributed by atoms with E-state index in [0.717, 1.165) is 36.9 Å². The minimum absolute atomic E-state index is 0.0176. The van der Waals surface area contributed by atoms with Crippen LogP contribution in [0.2, 0.25) is 0 Å². The minimum atomic E-state index is -0.515. The Morgan fingerprint density at radius 2 is 2.07 bits per heavy atom. The maximum Gasteiger partial charge on any atom is 0.314 e. The van der Waals surface area contributed by atoms with Gasteiger partial charge >= 0.3 is 5.97 Å².